The van der Waals surface area contributed by atoms with Crippen LogP contribution in [0.25, 0.3) is 0 Å². The molecule has 0 aromatic carbocycles. The molecule has 21 heavy (non-hydrogen) atoms. The molecule has 114 valence electrons. The minimum atomic E-state index is -0.454. The van der Waals surface area contributed by atoms with Crippen LogP contribution in [0.4, 0.5) is 9.59 Å². The molecule has 2 rings (SSSR count). The average molecular weight is 294 g/mol. The zero-order valence-corrected chi connectivity index (χ0v) is 12.0. The molecule has 1 aliphatic rings. The maximum atomic E-state index is 11.9. The first-order valence-electron chi connectivity index (χ1n) is 6.61. The van der Waals surface area contributed by atoms with Crippen LogP contribution in [0.5, 0.6) is 5.75 Å². The van der Waals surface area contributed by atoms with E-state index in [-0.39, 0.29) is 12.1 Å². The second-order valence-corrected chi connectivity index (χ2v) is 4.64. The molecule has 1 saturated heterocycles. The molecule has 8 heteroatoms. The van der Waals surface area contributed by atoms with Crippen molar-refractivity contribution >= 4 is 12.1 Å². The topological polar surface area (TPSA) is 92.7 Å². The molecule has 1 aromatic heterocycles. The summed E-state index contributed by atoms with van der Waals surface area (Å²) in [4.78, 5) is 36.1. The summed E-state index contributed by atoms with van der Waals surface area (Å²) in [6.07, 6.45) is 0. The molecule has 1 aromatic rings. The molecule has 0 aliphatic carbocycles. The van der Waals surface area contributed by atoms with Gasteiger partial charge in [0.1, 0.15) is 5.75 Å². The van der Waals surface area contributed by atoms with Gasteiger partial charge in [-0.1, -0.05) is 0 Å². The molecule has 0 bridgehead atoms. The summed E-state index contributed by atoms with van der Waals surface area (Å²) >= 11 is 0. The summed E-state index contributed by atoms with van der Waals surface area (Å²) in [5.41, 5.74) is 0.549. The number of aryl methyl sites for hydroxylation is 1. The molecular formula is C13H18N4O4. The van der Waals surface area contributed by atoms with Crippen LogP contribution in [0.2, 0.25) is 0 Å². The van der Waals surface area contributed by atoms with Crippen molar-refractivity contribution in [1.82, 2.24) is 20.1 Å². The number of nitrogens with zero attached hydrogens (tertiary/aromatic N) is 2. The molecule has 1 aliphatic heterocycles. The van der Waals surface area contributed by atoms with Crippen molar-refractivity contribution in [3.63, 3.8) is 0 Å². The largest absolute Gasteiger partial charge is 0.496 e. The summed E-state index contributed by atoms with van der Waals surface area (Å²) in [5, 5.41) is 5.17. The standard InChI is InChI=1S/C13H18N4O4/c1-9-7-10(21-2)8-11(18)16(9)5-3-14-12(19)17-6-4-15-13(17)20/h7-8H,3-6H2,1-2H3,(H,14,19)(H,15,20). The fourth-order valence-electron chi connectivity index (χ4n) is 2.14. The molecule has 0 radical (unpaired) electrons. The zero-order valence-electron chi connectivity index (χ0n) is 12.0. The number of methoxy groups -OCH3 is 1. The van der Waals surface area contributed by atoms with Crippen LogP contribution in [0.1, 0.15) is 5.69 Å². The average Bonchev–Trinajstić information content (AvgIpc) is 2.87. The van der Waals surface area contributed by atoms with Gasteiger partial charge in [-0.15, -0.1) is 0 Å². The molecule has 8 nitrogen and oxygen atoms in total. The molecule has 0 spiro atoms. The van der Waals surface area contributed by atoms with Gasteiger partial charge in [0.05, 0.1) is 7.11 Å². The first-order valence-corrected chi connectivity index (χ1v) is 6.61. The second-order valence-electron chi connectivity index (χ2n) is 4.64. The Labute approximate surface area is 121 Å². The lowest BCUT2D eigenvalue weighted by molar-refractivity contribution is 0.198. The Balaban J connectivity index is 1.93. The molecule has 4 amide bonds. The smallest absolute Gasteiger partial charge is 0.325 e. The number of hydrogen-bond acceptors (Lipinski definition) is 4. The van der Waals surface area contributed by atoms with E-state index in [2.05, 4.69) is 10.6 Å². The van der Waals surface area contributed by atoms with E-state index < -0.39 is 12.1 Å². The Kier molecular flexibility index (Phi) is 4.46. The number of pyridine rings is 1. The van der Waals surface area contributed by atoms with Crippen LogP contribution in [0.15, 0.2) is 16.9 Å². The lowest BCUT2D eigenvalue weighted by Gasteiger charge is -2.15. The van der Waals surface area contributed by atoms with E-state index in [1.54, 1.807) is 13.0 Å². The van der Waals surface area contributed by atoms with Gasteiger partial charge < -0.3 is 19.9 Å². The van der Waals surface area contributed by atoms with Gasteiger partial charge in [0.15, 0.2) is 0 Å². The van der Waals surface area contributed by atoms with Crippen LogP contribution in [0.3, 0.4) is 0 Å². The summed E-state index contributed by atoms with van der Waals surface area (Å²) in [7, 11) is 1.50. The molecular weight excluding hydrogens is 276 g/mol. The predicted molar refractivity (Wildman–Crippen MR) is 75.5 cm³/mol. The van der Waals surface area contributed by atoms with Gasteiger partial charge in [-0.05, 0) is 13.0 Å². The number of nitrogens with one attached hydrogen (secondary N) is 2. The van der Waals surface area contributed by atoms with E-state index in [0.717, 1.165) is 10.6 Å². The Bertz CT molecular complexity index is 611. The maximum Gasteiger partial charge on any atom is 0.325 e. The lowest BCUT2D eigenvalue weighted by atomic mass is 10.3. The van der Waals surface area contributed by atoms with Gasteiger partial charge in [-0.25, -0.2) is 14.5 Å². The first kappa shape index (κ1) is 14.9. The van der Waals surface area contributed by atoms with Crippen molar-refractivity contribution in [1.29, 1.82) is 0 Å². The van der Waals surface area contributed by atoms with Gasteiger partial charge in [0, 0.05) is 37.9 Å². The number of aromatic nitrogens is 1. The van der Waals surface area contributed by atoms with Crippen molar-refractivity contribution < 1.29 is 14.3 Å². The van der Waals surface area contributed by atoms with Gasteiger partial charge in [-0.2, -0.15) is 0 Å². The Morgan fingerprint density at radius 2 is 2.19 bits per heavy atom. The van der Waals surface area contributed by atoms with E-state index >= 15 is 0 Å². The Hall–Kier alpha value is -2.51. The third-order valence-electron chi connectivity index (χ3n) is 3.26. The van der Waals surface area contributed by atoms with Crippen molar-refractivity contribution in [3.05, 3.63) is 28.2 Å². The van der Waals surface area contributed by atoms with E-state index in [1.807, 2.05) is 0 Å². The maximum absolute atomic E-state index is 11.9. The van der Waals surface area contributed by atoms with Crippen LogP contribution >= 0.6 is 0 Å². The van der Waals surface area contributed by atoms with Gasteiger partial charge in [0.25, 0.3) is 5.56 Å². The number of carbonyl (C=O) groups excluding carboxylic acids is 2. The molecule has 0 atom stereocenters. The number of urea groups is 2. The summed E-state index contributed by atoms with van der Waals surface area (Å²) in [6, 6.07) is 2.29. The highest BCUT2D eigenvalue weighted by Gasteiger charge is 2.25. The van der Waals surface area contributed by atoms with Crippen molar-refractivity contribution in [2.45, 2.75) is 13.5 Å². The molecule has 2 N–H and O–H groups in total. The number of rotatable bonds is 4. The minimum Gasteiger partial charge on any atom is -0.496 e. The third-order valence-corrected chi connectivity index (χ3v) is 3.26. The minimum absolute atomic E-state index is 0.194. The predicted octanol–water partition coefficient (Wildman–Crippen LogP) is -0.0999. The highest BCUT2D eigenvalue weighted by molar-refractivity contribution is 5.94. The monoisotopic (exact) mass is 294 g/mol. The van der Waals surface area contributed by atoms with Crippen LogP contribution in [0, 0.1) is 6.92 Å². The number of imide groups is 1. The molecule has 2 heterocycles. The summed E-state index contributed by atoms with van der Waals surface area (Å²) in [6.45, 7) is 3.20. The Morgan fingerprint density at radius 3 is 2.76 bits per heavy atom. The first-order chi connectivity index (χ1) is 10.0. The SMILES string of the molecule is COc1cc(C)n(CCNC(=O)N2CCNC2=O)c(=O)c1. The number of ether oxygens (including phenoxy) is 1. The van der Waals surface area contributed by atoms with Crippen LogP contribution < -0.4 is 20.9 Å². The molecule has 0 unspecified atom stereocenters. The second kappa shape index (κ2) is 6.29. The fourth-order valence-corrected chi connectivity index (χ4v) is 2.14. The highest BCUT2D eigenvalue weighted by Crippen LogP contribution is 2.08. The van der Waals surface area contributed by atoms with Crippen LogP contribution in [-0.4, -0.2) is 48.3 Å². The summed E-state index contributed by atoms with van der Waals surface area (Å²) in [5.74, 6) is 0.506. The van der Waals surface area contributed by atoms with Crippen molar-refractivity contribution in [3.8, 4) is 5.75 Å². The fraction of sp³-hybridized carbons (Fsp3) is 0.462. The van der Waals surface area contributed by atoms with Gasteiger partial charge in [-0.3, -0.25) is 4.79 Å². The highest BCUT2D eigenvalue weighted by atomic mass is 16.5. The Morgan fingerprint density at radius 1 is 1.43 bits per heavy atom. The van der Waals surface area contributed by atoms with Crippen LogP contribution in [-0.2, 0) is 6.54 Å². The molecule has 0 saturated carbocycles. The quantitative estimate of drug-likeness (QED) is 0.811. The van der Waals surface area contributed by atoms with Gasteiger partial charge in [0.2, 0.25) is 0 Å². The van der Waals surface area contributed by atoms with E-state index in [9.17, 15) is 14.4 Å². The number of hydrogen-bond donors (Lipinski definition) is 2. The third kappa shape index (κ3) is 3.33. The van der Waals surface area contributed by atoms with E-state index in [0.29, 0.717) is 25.4 Å². The summed E-state index contributed by atoms with van der Waals surface area (Å²) < 4.78 is 6.55. The lowest BCUT2D eigenvalue weighted by Crippen LogP contribution is -2.43. The van der Waals surface area contributed by atoms with Gasteiger partial charge >= 0.3 is 12.1 Å². The van der Waals surface area contributed by atoms with E-state index in [1.165, 1.54) is 17.7 Å². The molecule has 1 fully saturated rings. The normalized spacial score (nSPS) is 14.0. The number of amides is 4. The number of carbonyl (C=O) groups is 2. The van der Waals surface area contributed by atoms with E-state index in [4.69, 9.17) is 4.74 Å². The van der Waals surface area contributed by atoms with Crippen molar-refractivity contribution in [2.24, 2.45) is 0 Å². The zero-order chi connectivity index (χ0) is 15.4. The van der Waals surface area contributed by atoms with Crippen molar-refractivity contribution in [2.75, 3.05) is 26.7 Å².